The van der Waals surface area contributed by atoms with E-state index in [0.29, 0.717) is 33.8 Å². The Morgan fingerprint density at radius 3 is 2.28 bits per heavy atom. The molecule has 0 saturated carbocycles. The van der Waals surface area contributed by atoms with Crippen molar-refractivity contribution in [3.8, 4) is 6.07 Å². The number of hydrogen-bond donors (Lipinski definition) is 1. The van der Waals surface area contributed by atoms with Crippen LogP contribution in [0.4, 0.5) is 5.82 Å². The van der Waals surface area contributed by atoms with E-state index in [1.807, 2.05) is 26.0 Å². The van der Waals surface area contributed by atoms with Gasteiger partial charge in [0.1, 0.15) is 21.8 Å². The fourth-order valence-electron chi connectivity index (χ4n) is 6.64. The number of rotatable bonds is 17. The number of carbonyl (C=O) groups is 2. The number of thioether (sulfide) groups is 1. The molecule has 1 amide bonds. The summed E-state index contributed by atoms with van der Waals surface area (Å²) in [6, 6.07) is 12.7. The summed E-state index contributed by atoms with van der Waals surface area (Å²) in [7, 11) is 0. The monoisotopic (exact) mass is 676 g/mol. The van der Waals surface area contributed by atoms with Crippen LogP contribution in [0.25, 0.3) is 6.08 Å². The molecule has 0 unspecified atom stereocenters. The number of carboxylic acid groups (broad SMARTS) is 1. The van der Waals surface area contributed by atoms with Gasteiger partial charge in [0, 0.05) is 38.2 Å². The van der Waals surface area contributed by atoms with Gasteiger partial charge in [-0.05, 0) is 68.6 Å². The van der Waals surface area contributed by atoms with Crippen molar-refractivity contribution < 1.29 is 14.7 Å². The molecular formula is C37H48N4O4S2. The van der Waals surface area contributed by atoms with Gasteiger partial charge in [0.2, 0.25) is 0 Å². The maximum absolute atomic E-state index is 13.6. The van der Waals surface area contributed by atoms with Crippen molar-refractivity contribution in [2.45, 2.75) is 104 Å². The number of unbranched alkanes of at least 4 members (excludes halogenated alkanes) is 7. The van der Waals surface area contributed by atoms with Crippen LogP contribution < -0.4 is 10.5 Å². The number of nitrogens with zero attached hydrogens (tertiary/aromatic N) is 4. The Bertz CT molecular complexity index is 1540. The van der Waals surface area contributed by atoms with Crippen molar-refractivity contribution in [1.29, 1.82) is 5.26 Å². The van der Waals surface area contributed by atoms with E-state index in [9.17, 15) is 19.6 Å². The molecule has 2 saturated heterocycles. The maximum atomic E-state index is 13.6. The zero-order valence-electron chi connectivity index (χ0n) is 27.8. The average Bonchev–Trinajstić information content (AvgIpc) is 3.32. The number of aromatic nitrogens is 1. The van der Waals surface area contributed by atoms with Gasteiger partial charge < -0.3 is 10.0 Å². The first kappa shape index (κ1) is 36.4. The van der Waals surface area contributed by atoms with Crippen molar-refractivity contribution in [3.05, 3.63) is 67.8 Å². The lowest BCUT2D eigenvalue weighted by atomic mass is 9.90. The van der Waals surface area contributed by atoms with E-state index in [2.05, 4.69) is 35.2 Å². The van der Waals surface area contributed by atoms with Gasteiger partial charge in [-0.1, -0.05) is 99.8 Å². The average molecular weight is 677 g/mol. The summed E-state index contributed by atoms with van der Waals surface area (Å²) in [5, 5.41) is 18.8. The van der Waals surface area contributed by atoms with Crippen LogP contribution in [0.5, 0.6) is 0 Å². The predicted molar refractivity (Wildman–Crippen MR) is 195 cm³/mol. The number of nitriles is 1. The van der Waals surface area contributed by atoms with Gasteiger partial charge in [-0.15, -0.1) is 0 Å². The molecular weight excluding hydrogens is 629 g/mol. The number of pyridine rings is 1. The molecule has 10 heteroatoms. The Kier molecular flexibility index (Phi) is 14.1. The lowest BCUT2D eigenvalue weighted by Crippen LogP contribution is -2.40. The molecule has 0 aliphatic carbocycles. The molecule has 47 heavy (non-hydrogen) atoms. The normalized spacial score (nSPS) is 16.3. The Morgan fingerprint density at radius 1 is 1.02 bits per heavy atom. The molecule has 4 rings (SSSR count). The van der Waals surface area contributed by atoms with Crippen LogP contribution >= 0.6 is 24.0 Å². The molecule has 2 aliphatic rings. The molecule has 3 heterocycles. The van der Waals surface area contributed by atoms with Gasteiger partial charge in [-0.2, -0.15) is 5.26 Å². The van der Waals surface area contributed by atoms with Crippen LogP contribution in [0.2, 0.25) is 0 Å². The number of carbonyl (C=O) groups excluding carboxylic acids is 1. The van der Waals surface area contributed by atoms with Gasteiger partial charge in [0.15, 0.2) is 0 Å². The Morgan fingerprint density at radius 2 is 1.66 bits per heavy atom. The third kappa shape index (κ3) is 9.80. The predicted octanol–water partition coefficient (Wildman–Crippen LogP) is 7.69. The zero-order valence-corrected chi connectivity index (χ0v) is 29.5. The third-order valence-electron chi connectivity index (χ3n) is 9.25. The number of anilines is 1. The summed E-state index contributed by atoms with van der Waals surface area (Å²) in [5.74, 6) is 0.521. The lowest BCUT2D eigenvalue weighted by Gasteiger charge is -2.36. The van der Waals surface area contributed by atoms with E-state index >= 15 is 0 Å². The maximum Gasteiger partial charge on any atom is 0.303 e. The van der Waals surface area contributed by atoms with Crippen LogP contribution in [-0.2, 0) is 22.6 Å². The number of aliphatic carboxylic acids is 1. The van der Waals surface area contributed by atoms with E-state index in [0.717, 1.165) is 102 Å². The molecule has 252 valence electrons. The van der Waals surface area contributed by atoms with E-state index in [1.54, 1.807) is 9.47 Å². The van der Waals surface area contributed by atoms with Crippen molar-refractivity contribution in [2.24, 2.45) is 5.92 Å². The van der Waals surface area contributed by atoms with Crippen LogP contribution in [0.3, 0.4) is 0 Å². The number of benzene rings is 1. The smallest absolute Gasteiger partial charge is 0.303 e. The van der Waals surface area contributed by atoms with Crippen molar-refractivity contribution in [2.75, 3.05) is 24.5 Å². The number of amides is 1. The molecule has 1 aromatic heterocycles. The van der Waals surface area contributed by atoms with Crippen LogP contribution in [0.15, 0.2) is 40.0 Å². The minimum atomic E-state index is -0.728. The second-order valence-electron chi connectivity index (χ2n) is 12.7. The standard InChI is InChI=1S/C37H48N4O4S2/c1-3-20-40-34(39-22-18-29(19-23-39)24-28-15-11-10-12-16-28)30(27(2)31(26-38)35(40)44)25-32-36(45)41(37(46)47-32)21-14-9-7-5-4-6-8-13-17-33(42)43/h10-12,15-16,25,29H,3-9,13-14,17-24H2,1-2H3,(H,42,43)/b32-25-. The quantitative estimate of drug-likeness (QED) is 0.103. The molecule has 0 bridgehead atoms. The molecule has 2 aromatic rings. The van der Waals surface area contributed by atoms with Gasteiger partial charge in [-0.3, -0.25) is 23.9 Å². The summed E-state index contributed by atoms with van der Waals surface area (Å²) in [4.78, 5) is 42.4. The first-order valence-corrected chi connectivity index (χ1v) is 18.4. The Balaban J connectivity index is 1.46. The first-order chi connectivity index (χ1) is 22.7. The van der Waals surface area contributed by atoms with E-state index in [1.165, 1.54) is 17.3 Å². The number of hydrogen-bond acceptors (Lipinski definition) is 7. The second-order valence-corrected chi connectivity index (χ2v) is 14.4. The molecule has 8 nitrogen and oxygen atoms in total. The highest BCUT2D eigenvalue weighted by atomic mass is 32.2. The fraction of sp³-hybridized carbons (Fsp3) is 0.541. The summed E-state index contributed by atoms with van der Waals surface area (Å²) in [6.07, 6.45) is 13.8. The molecule has 1 aromatic carbocycles. The minimum Gasteiger partial charge on any atom is -0.481 e. The number of carboxylic acids is 1. The van der Waals surface area contributed by atoms with E-state index in [4.69, 9.17) is 17.3 Å². The van der Waals surface area contributed by atoms with Crippen molar-refractivity contribution in [3.63, 3.8) is 0 Å². The third-order valence-corrected chi connectivity index (χ3v) is 10.6. The summed E-state index contributed by atoms with van der Waals surface area (Å²) in [5.41, 5.74) is 2.58. The highest BCUT2D eigenvalue weighted by Crippen LogP contribution is 2.37. The SMILES string of the molecule is CCCn1c(N2CCC(Cc3ccccc3)CC2)c(/C=C2\SC(=S)N(CCCCCCCCCCC(=O)O)C2=O)c(C)c(C#N)c1=O. The summed E-state index contributed by atoms with van der Waals surface area (Å²) < 4.78 is 2.30. The highest BCUT2D eigenvalue weighted by Gasteiger charge is 2.33. The van der Waals surface area contributed by atoms with Gasteiger partial charge >= 0.3 is 5.97 Å². The lowest BCUT2D eigenvalue weighted by molar-refractivity contribution is -0.137. The van der Waals surface area contributed by atoms with Crippen LogP contribution in [0.1, 0.15) is 106 Å². The van der Waals surface area contributed by atoms with Crippen LogP contribution in [0, 0.1) is 24.2 Å². The molecule has 0 atom stereocenters. The number of thiocarbonyl (C=S) groups is 1. The summed E-state index contributed by atoms with van der Waals surface area (Å²) >= 11 is 6.95. The van der Waals surface area contributed by atoms with E-state index in [-0.39, 0.29) is 23.5 Å². The second kappa shape index (κ2) is 18.2. The minimum absolute atomic E-state index is 0.114. The molecule has 1 N–H and O–H groups in total. The Labute approximate surface area is 288 Å². The van der Waals surface area contributed by atoms with Gasteiger partial charge in [-0.25, -0.2) is 0 Å². The highest BCUT2D eigenvalue weighted by molar-refractivity contribution is 8.26. The molecule has 2 aliphatic heterocycles. The zero-order chi connectivity index (χ0) is 33.8. The number of piperidine rings is 1. The van der Waals surface area contributed by atoms with E-state index < -0.39 is 5.97 Å². The summed E-state index contributed by atoms with van der Waals surface area (Å²) in [6.45, 7) is 6.52. The topological polar surface area (TPSA) is 107 Å². The van der Waals surface area contributed by atoms with Crippen molar-refractivity contribution >= 4 is 52.1 Å². The van der Waals surface area contributed by atoms with Crippen molar-refractivity contribution in [1.82, 2.24) is 9.47 Å². The van der Waals surface area contributed by atoms with Crippen LogP contribution in [-0.4, -0.2) is 50.4 Å². The fourth-order valence-corrected chi connectivity index (χ4v) is 7.93. The first-order valence-electron chi connectivity index (χ1n) is 17.2. The Hall–Kier alpha value is -3.42. The molecule has 0 radical (unpaired) electrons. The van der Waals surface area contributed by atoms with Gasteiger partial charge in [0.05, 0.1) is 4.91 Å². The molecule has 0 spiro atoms. The molecule has 2 fully saturated rings. The van der Waals surface area contributed by atoms with Gasteiger partial charge in [0.25, 0.3) is 11.5 Å². The largest absolute Gasteiger partial charge is 0.481 e.